The normalized spacial score (nSPS) is 10.4. The fourth-order valence-corrected chi connectivity index (χ4v) is 2.58. The number of anilines is 1. The van der Waals surface area contributed by atoms with Crippen LogP contribution in [-0.4, -0.2) is 10.6 Å². The molecule has 0 saturated carbocycles. The summed E-state index contributed by atoms with van der Waals surface area (Å²) < 4.78 is 1.09. The number of aromatic nitrogens is 1. The number of amides is 1. The molecule has 132 valence electrons. The Balaban J connectivity index is 1.77. The number of carbonyl (C=O) groups is 1. The quantitative estimate of drug-likeness (QED) is 0.769. The molecule has 5 nitrogen and oxygen atoms in total. The topological polar surface area (TPSA) is 60.3 Å². The lowest BCUT2D eigenvalue weighted by atomic mass is 10.1. The highest BCUT2D eigenvalue weighted by Crippen LogP contribution is 2.11. The summed E-state index contributed by atoms with van der Waals surface area (Å²) in [6, 6.07) is 18.3. The molecule has 2 aromatic carbocycles. The van der Waals surface area contributed by atoms with Gasteiger partial charge in [-0.3, -0.25) is 9.59 Å². The van der Waals surface area contributed by atoms with Crippen molar-refractivity contribution in [3.05, 3.63) is 99.5 Å². The molecule has 26 heavy (non-hydrogen) atoms. The first kappa shape index (κ1) is 17.5. The van der Waals surface area contributed by atoms with E-state index in [0.717, 1.165) is 21.4 Å². The predicted octanol–water partition coefficient (Wildman–Crippen LogP) is 3.35. The van der Waals surface area contributed by atoms with Crippen LogP contribution in [0.3, 0.4) is 0 Å². The zero-order valence-corrected chi connectivity index (χ0v) is 14.7. The number of carbonyl (C=O) groups excluding carboxylic acids is 1. The highest BCUT2D eigenvalue weighted by Gasteiger charge is 2.13. The fourth-order valence-electron chi connectivity index (χ4n) is 2.58. The maximum atomic E-state index is 12.6. The molecule has 0 unspecified atom stereocenters. The molecule has 0 bridgehead atoms. The molecule has 0 radical (unpaired) electrons. The van der Waals surface area contributed by atoms with Crippen LogP contribution in [-0.2, 0) is 6.61 Å². The van der Waals surface area contributed by atoms with Gasteiger partial charge in [-0.15, -0.1) is 0 Å². The monoisotopic (exact) mass is 348 g/mol. The Bertz CT molecular complexity index is 992. The molecule has 3 aromatic rings. The Morgan fingerprint density at radius 1 is 1.04 bits per heavy atom. The SMILES string of the molecule is Cc1cccc(NC(=O)c2cccn(OCc3ccccc3C)c2=O)c1. The van der Waals surface area contributed by atoms with E-state index in [2.05, 4.69) is 5.32 Å². The van der Waals surface area contributed by atoms with Gasteiger partial charge in [0, 0.05) is 11.9 Å². The molecule has 0 aliphatic rings. The lowest BCUT2D eigenvalue weighted by Crippen LogP contribution is -2.32. The van der Waals surface area contributed by atoms with E-state index in [-0.39, 0.29) is 12.2 Å². The minimum absolute atomic E-state index is 0.0267. The summed E-state index contributed by atoms with van der Waals surface area (Å²) in [5, 5.41) is 2.74. The second kappa shape index (κ2) is 7.70. The molecule has 0 atom stereocenters. The van der Waals surface area contributed by atoms with E-state index in [9.17, 15) is 9.59 Å². The van der Waals surface area contributed by atoms with Gasteiger partial charge < -0.3 is 10.2 Å². The highest BCUT2D eigenvalue weighted by molar-refractivity contribution is 6.03. The van der Waals surface area contributed by atoms with Gasteiger partial charge in [0.25, 0.3) is 11.5 Å². The van der Waals surface area contributed by atoms with Crippen LogP contribution in [0.15, 0.2) is 71.7 Å². The van der Waals surface area contributed by atoms with Gasteiger partial charge in [-0.2, -0.15) is 4.73 Å². The molecule has 0 saturated heterocycles. The average molecular weight is 348 g/mol. The maximum absolute atomic E-state index is 12.6. The second-order valence-corrected chi connectivity index (χ2v) is 6.08. The molecule has 5 heteroatoms. The van der Waals surface area contributed by atoms with Crippen molar-refractivity contribution in [2.45, 2.75) is 20.5 Å². The van der Waals surface area contributed by atoms with Crippen molar-refractivity contribution < 1.29 is 9.63 Å². The van der Waals surface area contributed by atoms with Crippen LogP contribution in [0.5, 0.6) is 0 Å². The number of aryl methyl sites for hydroxylation is 2. The van der Waals surface area contributed by atoms with E-state index < -0.39 is 11.5 Å². The number of benzene rings is 2. The summed E-state index contributed by atoms with van der Waals surface area (Å²) in [5.74, 6) is -0.463. The Labute approximate surface area is 151 Å². The van der Waals surface area contributed by atoms with E-state index in [0.29, 0.717) is 5.69 Å². The zero-order chi connectivity index (χ0) is 18.5. The average Bonchev–Trinajstić information content (AvgIpc) is 2.62. The number of hydrogen-bond acceptors (Lipinski definition) is 3. The van der Waals surface area contributed by atoms with Gasteiger partial charge in [-0.05, 0) is 54.8 Å². The van der Waals surface area contributed by atoms with Crippen LogP contribution in [0.1, 0.15) is 27.0 Å². The molecule has 0 fully saturated rings. The number of nitrogens with one attached hydrogen (secondary N) is 1. The van der Waals surface area contributed by atoms with E-state index >= 15 is 0 Å². The van der Waals surface area contributed by atoms with Crippen LogP contribution in [0, 0.1) is 13.8 Å². The molecule has 0 aliphatic carbocycles. The van der Waals surface area contributed by atoms with Gasteiger partial charge in [0.05, 0.1) is 0 Å². The van der Waals surface area contributed by atoms with Gasteiger partial charge in [0.15, 0.2) is 0 Å². The van der Waals surface area contributed by atoms with E-state index in [1.165, 1.54) is 12.3 Å². The molecule has 0 aliphatic heterocycles. The largest absolute Gasteiger partial charge is 0.406 e. The predicted molar refractivity (Wildman–Crippen MR) is 101 cm³/mol. The highest BCUT2D eigenvalue weighted by atomic mass is 16.7. The molecule has 1 heterocycles. The molecule has 0 spiro atoms. The molecule has 1 N–H and O–H groups in total. The molecule has 1 amide bonds. The standard InChI is InChI=1S/C21H20N2O3/c1-15-7-5-10-18(13-15)22-20(24)19-11-6-12-23(21(19)25)26-14-17-9-4-3-8-16(17)2/h3-13H,14H2,1-2H3,(H,22,24). The van der Waals surface area contributed by atoms with Crippen LogP contribution in [0.2, 0.25) is 0 Å². The van der Waals surface area contributed by atoms with Crippen LogP contribution < -0.4 is 15.7 Å². The van der Waals surface area contributed by atoms with Gasteiger partial charge in [-0.1, -0.05) is 36.4 Å². The lowest BCUT2D eigenvalue weighted by molar-refractivity contribution is 0.0861. The Morgan fingerprint density at radius 2 is 1.85 bits per heavy atom. The lowest BCUT2D eigenvalue weighted by Gasteiger charge is -2.11. The van der Waals surface area contributed by atoms with Crippen LogP contribution >= 0.6 is 0 Å². The van der Waals surface area contributed by atoms with Crippen molar-refractivity contribution in [3.8, 4) is 0 Å². The Hall–Kier alpha value is -3.34. The minimum Gasteiger partial charge on any atom is -0.406 e. The summed E-state index contributed by atoms with van der Waals surface area (Å²) in [7, 11) is 0. The summed E-state index contributed by atoms with van der Waals surface area (Å²) in [5.41, 5.74) is 3.26. The van der Waals surface area contributed by atoms with E-state index in [1.54, 1.807) is 12.1 Å². The van der Waals surface area contributed by atoms with E-state index in [1.807, 2.05) is 56.3 Å². The van der Waals surface area contributed by atoms with Gasteiger partial charge in [-0.25, -0.2) is 0 Å². The van der Waals surface area contributed by atoms with Crippen molar-refractivity contribution in [2.75, 3.05) is 5.32 Å². The van der Waals surface area contributed by atoms with Gasteiger partial charge in [0.1, 0.15) is 12.2 Å². The van der Waals surface area contributed by atoms with Crippen molar-refractivity contribution in [3.63, 3.8) is 0 Å². The third-order valence-electron chi connectivity index (χ3n) is 4.06. The number of pyridine rings is 1. The first-order chi connectivity index (χ1) is 12.5. The van der Waals surface area contributed by atoms with Gasteiger partial charge in [0.2, 0.25) is 0 Å². The third kappa shape index (κ3) is 4.00. The maximum Gasteiger partial charge on any atom is 0.295 e. The Kier molecular flexibility index (Phi) is 5.17. The molecular formula is C21H20N2O3. The molecule has 1 aromatic heterocycles. The first-order valence-electron chi connectivity index (χ1n) is 8.32. The number of hydrogen-bond donors (Lipinski definition) is 1. The summed E-state index contributed by atoms with van der Waals surface area (Å²) in [6.45, 7) is 4.16. The summed E-state index contributed by atoms with van der Waals surface area (Å²) >= 11 is 0. The number of rotatable bonds is 5. The minimum atomic E-state index is -0.494. The van der Waals surface area contributed by atoms with E-state index in [4.69, 9.17) is 4.84 Å². The summed E-state index contributed by atoms with van der Waals surface area (Å²) in [4.78, 5) is 30.6. The zero-order valence-electron chi connectivity index (χ0n) is 14.7. The smallest absolute Gasteiger partial charge is 0.295 e. The Morgan fingerprint density at radius 3 is 2.62 bits per heavy atom. The second-order valence-electron chi connectivity index (χ2n) is 6.08. The third-order valence-corrected chi connectivity index (χ3v) is 4.06. The molecular weight excluding hydrogens is 328 g/mol. The van der Waals surface area contributed by atoms with Crippen molar-refractivity contribution in [1.29, 1.82) is 0 Å². The van der Waals surface area contributed by atoms with Crippen LogP contribution in [0.25, 0.3) is 0 Å². The van der Waals surface area contributed by atoms with Gasteiger partial charge >= 0.3 is 0 Å². The summed E-state index contributed by atoms with van der Waals surface area (Å²) in [6.07, 6.45) is 1.50. The fraction of sp³-hybridized carbons (Fsp3) is 0.143. The van der Waals surface area contributed by atoms with Crippen molar-refractivity contribution in [2.24, 2.45) is 0 Å². The van der Waals surface area contributed by atoms with Crippen molar-refractivity contribution >= 4 is 11.6 Å². The molecule has 3 rings (SSSR count). The first-order valence-corrected chi connectivity index (χ1v) is 8.32. The van der Waals surface area contributed by atoms with Crippen molar-refractivity contribution in [1.82, 2.24) is 4.73 Å². The van der Waals surface area contributed by atoms with Crippen LogP contribution in [0.4, 0.5) is 5.69 Å². The number of nitrogens with zero attached hydrogens (tertiary/aromatic N) is 1.